The van der Waals surface area contributed by atoms with Crippen molar-refractivity contribution in [3.05, 3.63) is 65.6 Å². The molecule has 1 atom stereocenters. The molecule has 0 saturated heterocycles. The lowest BCUT2D eigenvalue weighted by molar-refractivity contribution is -0.0577. The molecule has 0 unspecified atom stereocenters. The van der Waals surface area contributed by atoms with Crippen LogP contribution in [0.5, 0.6) is 0 Å². The predicted molar refractivity (Wildman–Crippen MR) is 123 cm³/mol. The molecule has 3 heterocycles. The third-order valence-electron chi connectivity index (χ3n) is 5.02. The molecule has 170 valence electrons. The van der Waals surface area contributed by atoms with Crippen molar-refractivity contribution in [1.82, 2.24) is 19.5 Å². The maximum absolute atomic E-state index is 10.6. The first kappa shape index (κ1) is 22.7. The molecule has 1 aromatic carbocycles. The number of oxazole rings is 1. The summed E-state index contributed by atoms with van der Waals surface area (Å²) in [5.41, 5.74) is 1.61. The minimum absolute atomic E-state index is 0.165. The van der Waals surface area contributed by atoms with Gasteiger partial charge in [0.15, 0.2) is 11.4 Å². The van der Waals surface area contributed by atoms with Gasteiger partial charge in [-0.2, -0.15) is 0 Å². The molecular formula is C25H26N4O4. The Morgan fingerprint density at radius 3 is 2.82 bits per heavy atom. The highest BCUT2D eigenvalue weighted by Gasteiger charge is 2.26. The molecule has 0 aliphatic carbocycles. The van der Waals surface area contributed by atoms with Gasteiger partial charge in [-0.3, -0.25) is 0 Å². The molecule has 0 radical (unpaired) electrons. The van der Waals surface area contributed by atoms with E-state index in [-0.39, 0.29) is 12.7 Å². The Kier molecular flexibility index (Phi) is 6.56. The highest BCUT2D eigenvalue weighted by atomic mass is 16.7. The standard InChI is InChI=1S/C25H26N4O4/c1-5-31-16-32-15-21-20-10-12-29(4)23(20)28-22(27-21)19-8-6-7-18(13-19)9-11-25(3,30)24-26-14-17(2)33-24/h6-8,10,12-14,30H,5,15-16H2,1-4H3/t25-/m0/s1. The SMILES string of the molecule is CCOCOCc1nc(-c2cccc(C#C[C@](C)(O)c3ncc(C)o3)c2)nc2c1ccn2C. The number of nitrogens with zero attached hydrogens (tertiary/aromatic N) is 4. The van der Waals surface area contributed by atoms with E-state index >= 15 is 0 Å². The van der Waals surface area contributed by atoms with E-state index in [1.54, 1.807) is 20.0 Å². The van der Waals surface area contributed by atoms with Gasteiger partial charge < -0.3 is 23.6 Å². The first-order chi connectivity index (χ1) is 15.9. The van der Waals surface area contributed by atoms with E-state index in [0.717, 1.165) is 22.3 Å². The van der Waals surface area contributed by atoms with E-state index in [9.17, 15) is 5.11 Å². The van der Waals surface area contributed by atoms with Gasteiger partial charge in [0.2, 0.25) is 5.89 Å². The Labute approximate surface area is 192 Å². The van der Waals surface area contributed by atoms with Crippen molar-refractivity contribution in [2.45, 2.75) is 33.0 Å². The second-order valence-electron chi connectivity index (χ2n) is 7.80. The minimum Gasteiger partial charge on any atom is -0.442 e. The Morgan fingerprint density at radius 1 is 1.21 bits per heavy atom. The molecule has 1 N–H and O–H groups in total. The van der Waals surface area contributed by atoms with Crippen LogP contribution in [0.3, 0.4) is 0 Å². The summed E-state index contributed by atoms with van der Waals surface area (Å²) in [4.78, 5) is 13.6. The van der Waals surface area contributed by atoms with Crippen LogP contribution in [0.15, 0.2) is 47.1 Å². The number of fused-ring (bicyclic) bond motifs is 1. The van der Waals surface area contributed by atoms with Crippen molar-refractivity contribution in [3.63, 3.8) is 0 Å². The zero-order chi connectivity index (χ0) is 23.4. The maximum atomic E-state index is 10.6. The van der Waals surface area contributed by atoms with Gasteiger partial charge >= 0.3 is 0 Å². The summed E-state index contributed by atoms with van der Waals surface area (Å²) in [6.07, 6.45) is 3.50. The Balaban J connectivity index is 1.66. The van der Waals surface area contributed by atoms with Crippen molar-refractivity contribution in [1.29, 1.82) is 0 Å². The Hall–Kier alpha value is -3.51. The molecule has 0 fully saturated rings. The molecule has 8 nitrogen and oxygen atoms in total. The largest absolute Gasteiger partial charge is 0.442 e. The summed E-state index contributed by atoms with van der Waals surface area (Å²) in [5, 5.41) is 11.6. The molecule has 0 amide bonds. The molecule has 0 saturated carbocycles. The lowest BCUT2D eigenvalue weighted by Gasteiger charge is -2.11. The van der Waals surface area contributed by atoms with Gasteiger partial charge in [0, 0.05) is 36.4 Å². The van der Waals surface area contributed by atoms with Crippen molar-refractivity contribution < 1.29 is 19.0 Å². The van der Waals surface area contributed by atoms with E-state index in [0.29, 0.717) is 30.4 Å². The Morgan fingerprint density at radius 2 is 2.06 bits per heavy atom. The summed E-state index contributed by atoms with van der Waals surface area (Å²) in [6, 6.07) is 9.54. The Bertz CT molecular complexity index is 1330. The second kappa shape index (κ2) is 9.55. The topological polar surface area (TPSA) is 95.4 Å². The number of benzene rings is 1. The van der Waals surface area contributed by atoms with Crippen molar-refractivity contribution in [2.75, 3.05) is 13.4 Å². The average Bonchev–Trinajstić information content (AvgIpc) is 3.42. The highest BCUT2D eigenvalue weighted by Crippen LogP contribution is 2.24. The van der Waals surface area contributed by atoms with Crippen molar-refractivity contribution in [3.8, 4) is 23.2 Å². The van der Waals surface area contributed by atoms with Crippen LogP contribution in [-0.4, -0.2) is 38.0 Å². The van der Waals surface area contributed by atoms with Crippen LogP contribution >= 0.6 is 0 Å². The third-order valence-corrected chi connectivity index (χ3v) is 5.02. The summed E-state index contributed by atoms with van der Waals surface area (Å²) in [5.74, 6) is 7.19. The van der Waals surface area contributed by atoms with E-state index in [4.69, 9.17) is 23.9 Å². The molecular weight excluding hydrogens is 420 g/mol. The molecule has 8 heteroatoms. The number of ether oxygens (including phenoxy) is 2. The molecule has 0 aliphatic heterocycles. The molecule has 4 aromatic rings. The van der Waals surface area contributed by atoms with Gasteiger partial charge in [0.1, 0.15) is 18.2 Å². The number of rotatable bonds is 7. The minimum atomic E-state index is -1.51. The van der Waals surface area contributed by atoms with Gasteiger partial charge in [-0.1, -0.05) is 24.0 Å². The first-order valence-corrected chi connectivity index (χ1v) is 10.6. The van der Waals surface area contributed by atoms with E-state index < -0.39 is 5.60 Å². The lowest BCUT2D eigenvalue weighted by Crippen LogP contribution is -2.18. The predicted octanol–water partition coefficient (Wildman–Crippen LogP) is 3.70. The monoisotopic (exact) mass is 446 g/mol. The summed E-state index contributed by atoms with van der Waals surface area (Å²) in [6.45, 7) is 6.35. The number of aromatic nitrogens is 4. The fraction of sp³-hybridized carbons (Fsp3) is 0.320. The number of hydrogen-bond acceptors (Lipinski definition) is 7. The van der Waals surface area contributed by atoms with Crippen LogP contribution in [0.2, 0.25) is 0 Å². The van der Waals surface area contributed by atoms with Crippen LogP contribution in [-0.2, 0) is 28.7 Å². The first-order valence-electron chi connectivity index (χ1n) is 10.6. The van der Waals surface area contributed by atoms with Crippen LogP contribution in [0.1, 0.15) is 36.8 Å². The average molecular weight is 447 g/mol. The highest BCUT2D eigenvalue weighted by molar-refractivity contribution is 5.81. The van der Waals surface area contributed by atoms with E-state index in [2.05, 4.69) is 16.8 Å². The molecule has 4 rings (SSSR count). The summed E-state index contributed by atoms with van der Waals surface area (Å²) in [7, 11) is 1.94. The number of aliphatic hydroxyl groups is 1. The second-order valence-corrected chi connectivity index (χ2v) is 7.80. The van der Waals surface area contributed by atoms with Crippen molar-refractivity contribution >= 4 is 11.0 Å². The van der Waals surface area contributed by atoms with E-state index in [1.165, 1.54) is 0 Å². The van der Waals surface area contributed by atoms with Gasteiger partial charge in [-0.15, -0.1) is 0 Å². The maximum Gasteiger partial charge on any atom is 0.239 e. The molecule has 0 bridgehead atoms. The number of aryl methyl sites for hydroxylation is 2. The fourth-order valence-electron chi connectivity index (χ4n) is 3.28. The van der Waals surface area contributed by atoms with E-state index in [1.807, 2.05) is 55.1 Å². The van der Waals surface area contributed by atoms with Gasteiger partial charge in [-0.25, -0.2) is 15.0 Å². The van der Waals surface area contributed by atoms with Crippen LogP contribution < -0.4 is 0 Å². The summed E-state index contributed by atoms with van der Waals surface area (Å²) < 4.78 is 18.3. The molecule has 3 aromatic heterocycles. The molecule has 0 spiro atoms. The normalized spacial score (nSPS) is 13.0. The summed E-state index contributed by atoms with van der Waals surface area (Å²) >= 11 is 0. The van der Waals surface area contributed by atoms with Crippen LogP contribution in [0, 0.1) is 18.8 Å². The van der Waals surface area contributed by atoms with Gasteiger partial charge in [-0.05, 0) is 39.0 Å². The quantitative estimate of drug-likeness (QED) is 0.263. The molecule has 0 aliphatic rings. The van der Waals surface area contributed by atoms with Gasteiger partial charge in [0.05, 0.1) is 18.5 Å². The fourth-order valence-corrected chi connectivity index (χ4v) is 3.28. The van der Waals surface area contributed by atoms with Crippen LogP contribution in [0.25, 0.3) is 22.4 Å². The van der Waals surface area contributed by atoms with Gasteiger partial charge in [0.25, 0.3) is 0 Å². The van der Waals surface area contributed by atoms with Crippen molar-refractivity contribution in [2.24, 2.45) is 7.05 Å². The number of hydrogen-bond donors (Lipinski definition) is 1. The zero-order valence-electron chi connectivity index (χ0n) is 19.1. The van der Waals surface area contributed by atoms with Crippen LogP contribution in [0.4, 0.5) is 0 Å². The lowest BCUT2D eigenvalue weighted by atomic mass is 10.1. The smallest absolute Gasteiger partial charge is 0.239 e. The zero-order valence-corrected chi connectivity index (χ0v) is 19.1. The molecule has 33 heavy (non-hydrogen) atoms. The third kappa shape index (κ3) is 5.12.